The largest absolute Gasteiger partial charge is 0.478 e. The average Bonchev–Trinajstić information content (AvgIpc) is 2.76. The van der Waals surface area contributed by atoms with Gasteiger partial charge in [-0.3, -0.25) is 4.79 Å². The third kappa shape index (κ3) is 3.77. The Kier molecular flexibility index (Phi) is 3.93. The maximum Gasteiger partial charge on any atom is 0.335 e. The minimum atomic E-state index is -1.00. The quantitative estimate of drug-likeness (QED) is 0.888. The fourth-order valence-corrected chi connectivity index (χ4v) is 1.95. The summed E-state index contributed by atoms with van der Waals surface area (Å²) in [6.07, 6.45) is 0.257. The average molecular weight is 290 g/mol. The summed E-state index contributed by atoms with van der Waals surface area (Å²) < 4.78 is 1.55. The molecule has 2 rings (SSSR count). The molecule has 7 heteroatoms. The highest BCUT2D eigenvalue weighted by atomic mass is 16.4. The summed E-state index contributed by atoms with van der Waals surface area (Å²) in [7, 11) is 0. The van der Waals surface area contributed by atoms with Gasteiger partial charge in [0.2, 0.25) is 5.91 Å². The topological polar surface area (TPSA) is 97.1 Å². The molecule has 2 aromatic rings. The van der Waals surface area contributed by atoms with Gasteiger partial charge < -0.3 is 10.4 Å². The van der Waals surface area contributed by atoms with Crippen LogP contribution in [0.5, 0.6) is 0 Å². The van der Waals surface area contributed by atoms with Gasteiger partial charge in [0.25, 0.3) is 0 Å². The lowest BCUT2D eigenvalue weighted by Crippen LogP contribution is -2.40. The molecule has 0 aliphatic carbocycles. The summed E-state index contributed by atoms with van der Waals surface area (Å²) in [4.78, 5) is 22.8. The summed E-state index contributed by atoms with van der Waals surface area (Å²) in [6.45, 7) is 6.08. The number of amides is 1. The predicted molar refractivity (Wildman–Crippen MR) is 77.0 cm³/mol. The molecule has 0 aliphatic rings. The summed E-state index contributed by atoms with van der Waals surface area (Å²) in [6, 6.07) is 4.60. The summed E-state index contributed by atoms with van der Waals surface area (Å²) in [5.41, 5.74) is 1.11. The van der Waals surface area contributed by atoms with Crippen LogP contribution in [0.2, 0.25) is 0 Å². The van der Waals surface area contributed by atoms with Crippen molar-refractivity contribution in [1.82, 2.24) is 20.3 Å². The van der Waals surface area contributed by atoms with E-state index in [2.05, 4.69) is 15.6 Å². The molecule has 1 aromatic heterocycles. The highest BCUT2D eigenvalue weighted by Gasteiger charge is 2.15. The maximum atomic E-state index is 11.8. The first-order valence-electron chi connectivity index (χ1n) is 6.64. The van der Waals surface area contributed by atoms with Gasteiger partial charge in [0.1, 0.15) is 5.52 Å². The fraction of sp³-hybridized carbons (Fsp3) is 0.429. The van der Waals surface area contributed by atoms with Crippen molar-refractivity contribution in [1.29, 1.82) is 0 Å². The van der Waals surface area contributed by atoms with Gasteiger partial charge in [-0.25, -0.2) is 9.48 Å². The molecule has 0 fully saturated rings. The first-order valence-corrected chi connectivity index (χ1v) is 6.64. The molecule has 0 aliphatic heterocycles. The molecule has 0 atom stereocenters. The SMILES string of the molecule is CC(C)(C)NC(=O)CCn1nnc2ccc(C(=O)O)cc21. The molecule has 112 valence electrons. The molecule has 0 bridgehead atoms. The Morgan fingerprint density at radius 1 is 1.33 bits per heavy atom. The predicted octanol–water partition coefficient (Wildman–Crippen LogP) is 1.43. The lowest BCUT2D eigenvalue weighted by atomic mass is 10.1. The van der Waals surface area contributed by atoms with E-state index in [1.54, 1.807) is 10.7 Å². The molecule has 2 N–H and O–H groups in total. The summed E-state index contributed by atoms with van der Waals surface area (Å²) in [5.74, 6) is -1.09. The normalized spacial score (nSPS) is 11.6. The van der Waals surface area contributed by atoms with Crippen LogP contribution in [0.3, 0.4) is 0 Å². The van der Waals surface area contributed by atoms with Gasteiger partial charge in [-0.05, 0) is 39.0 Å². The molecule has 1 aromatic carbocycles. The highest BCUT2D eigenvalue weighted by Crippen LogP contribution is 2.14. The van der Waals surface area contributed by atoms with Crippen LogP contribution in [0.15, 0.2) is 18.2 Å². The van der Waals surface area contributed by atoms with E-state index in [1.807, 2.05) is 20.8 Å². The number of nitrogens with zero attached hydrogens (tertiary/aromatic N) is 3. The zero-order valence-corrected chi connectivity index (χ0v) is 12.3. The van der Waals surface area contributed by atoms with Crippen molar-refractivity contribution >= 4 is 22.9 Å². The number of carbonyl (C=O) groups is 2. The third-order valence-electron chi connectivity index (χ3n) is 2.83. The van der Waals surface area contributed by atoms with Crippen molar-refractivity contribution < 1.29 is 14.7 Å². The lowest BCUT2D eigenvalue weighted by Gasteiger charge is -2.20. The monoisotopic (exact) mass is 290 g/mol. The van der Waals surface area contributed by atoms with Gasteiger partial charge >= 0.3 is 5.97 Å². The molecule has 1 heterocycles. The standard InChI is InChI=1S/C14H18N4O3/c1-14(2,3)15-12(19)6-7-18-11-8-9(13(20)21)4-5-10(11)16-17-18/h4-5,8H,6-7H2,1-3H3,(H,15,19)(H,20,21). The number of carboxylic acid groups (broad SMARTS) is 1. The number of rotatable bonds is 4. The second-order valence-corrected chi connectivity index (χ2v) is 5.87. The second kappa shape index (κ2) is 5.51. The molecule has 0 spiro atoms. The Balaban J connectivity index is 2.13. The van der Waals surface area contributed by atoms with Crippen LogP contribution in [0, 0.1) is 0 Å². The van der Waals surface area contributed by atoms with Crippen LogP contribution < -0.4 is 5.32 Å². The van der Waals surface area contributed by atoms with Crippen molar-refractivity contribution in [2.45, 2.75) is 39.3 Å². The van der Waals surface area contributed by atoms with Crippen LogP contribution in [0.25, 0.3) is 11.0 Å². The van der Waals surface area contributed by atoms with E-state index < -0.39 is 5.97 Å². The van der Waals surface area contributed by atoms with Crippen molar-refractivity contribution in [2.24, 2.45) is 0 Å². The number of hydrogen-bond donors (Lipinski definition) is 2. The molecule has 0 radical (unpaired) electrons. The molecule has 0 saturated heterocycles. The zero-order valence-electron chi connectivity index (χ0n) is 12.3. The number of fused-ring (bicyclic) bond motifs is 1. The summed E-state index contributed by atoms with van der Waals surface area (Å²) >= 11 is 0. The Labute approximate surface area is 121 Å². The number of hydrogen-bond acceptors (Lipinski definition) is 4. The number of carboxylic acids is 1. The first-order chi connectivity index (χ1) is 9.76. The zero-order chi connectivity index (χ0) is 15.6. The Hall–Kier alpha value is -2.44. The van der Waals surface area contributed by atoms with E-state index in [9.17, 15) is 9.59 Å². The van der Waals surface area contributed by atoms with E-state index in [-0.39, 0.29) is 23.4 Å². The molecule has 21 heavy (non-hydrogen) atoms. The molecule has 7 nitrogen and oxygen atoms in total. The third-order valence-corrected chi connectivity index (χ3v) is 2.83. The number of carbonyl (C=O) groups excluding carboxylic acids is 1. The van der Waals surface area contributed by atoms with Crippen LogP contribution in [-0.4, -0.2) is 37.5 Å². The Morgan fingerprint density at radius 2 is 2.05 bits per heavy atom. The lowest BCUT2D eigenvalue weighted by molar-refractivity contribution is -0.122. The van der Waals surface area contributed by atoms with Gasteiger partial charge in [-0.2, -0.15) is 0 Å². The smallest absolute Gasteiger partial charge is 0.335 e. The van der Waals surface area contributed by atoms with Gasteiger partial charge in [0.15, 0.2) is 0 Å². The number of aromatic carboxylic acids is 1. The number of benzene rings is 1. The van der Waals surface area contributed by atoms with Gasteiger partial charge in [0, 0.05) is 12.0 Å². The van der Waals surface area contributed by atoms with Crippen LogP contribution in [-0.2, 0) is 11.3 Å². The number of aryl methyl sites for hydroxylation is 1. The highest BCUT2D eigenvalue weighted by molar-refractivity contribution is 5.92. The molecular weight excluding hydrogens is 272 g/mol. The maximum absolute atomic E-state index is 11.8. The van der Waals surface area contributed by atoms with E-state index in [1.165, 1.54) is 12.1 Å². The van der Waals surface area contributed by atoms with Gasteiger partial charge in [0.05, 0.1) is 17.6 Å². The van der Waals surface area contributed by atoms with Crippen molar-refractivity contribution in [3.63, 3.8) is 0 Å². The molecule has 0 unspecified atom stereocenters. The van der Waals surface area contributed by atoms with E-state index >= 15 is 0 Å². The van der Waals surface area contributed by atoms with E-state index in [0.29, 0.717) is 17.6 Å². The minimum absolute atomic E-state index is 0.0828. The van der Waals surface area contributed by atoms with Crippen LogP contribution in [0.4, 0.5) is 0 Å². The molecule has 0 saturated carbocycles. The second-order valence-electron chi connectivity index (χ2n) is 5.87. The van der Waals surface area contributed by atoms with Gasteiger partial charge in [-0.15, -0.1) is 5.10 Å². The Bertz CT molecular complexity index is 685. The van der Waals surface area contributed by atoms with Gasteiger partial charge in [-0.1, -0.05) is 5.21 Å². The number of nitrogens with one attached hydrogen (secondary N) is 1. The van der Waals surface area contributed by atoms with Crippen LogP contribution >= 0.6 is 0 Å². The number of aromatic nitrogens is 3. The summed E-state index contributed by atoms with van der Waals surface area (Å²) in [5, 5.41) is 19.8. The van der Waals surface area contributed by atoms with E-state index in [4.69, 9.17) is 5.11 Å². The van der Waals surface area contributed by atoms with Crippen molar-refractivity contribution in [3.05, 3.63) is 23.8 Å². The molecule has 1 amide bonds. The molecular formula is C14H18N4O3. The van der Waals surface area contributed by atoms with Crippen molar-refractivity contribution in [2.75, 3.05) is 0 Å². The van der Waals surface area contributed by atoms with Crippen LogP contribution in [0.1, 0.15) is 37.6 Å². The van der Waals surface area contributed by atoms with E-state index in [0.717, 1.165) is 0 Å². The first kappa shape index (κ1) is 15.0. The van der Waals surface area contributed by atoms with Crippen molar-refractivity contribution in [3.8, 4) is 0 Å². The minimum Gasteiger partial charge on any atom is -0.478 e. The fourth-order valence-electron chi connectivity index (χ4n) is 1.95. The Morgan fingerprint density at radius 3 is 2.67 bits per heavy atom.